The fraction of sp³-hybridized carbons (Fsp3) is 0.323. The number of nitrogens with zero attached hydrogens (tertiary/aromatic N) is 2. The summed E-state index contributed by atoms with van der Waals surface area (Å²) in [5, 5.41) is 13.2. The van der Waals surface area contributed by atoms with Gasteiger partial charge in [-0.15, -0.1) is 0 Å². The minimum absolute atomic E-state index is 0.184. The maximum Gasteiger partial charge on any atom is 0.373 e. The summed E-state index contributed by atoms with van der Waals surface area (Å²) in [4.78, 5) is 29.0. The maximum atomic E-state index is 12.4. The van der Waals surface area contributed by atoms with Gasteiger partial charge in [0.25, 0.3) is 0 Å². The predicted octanol–water partition coefficient (Wildman–Crippen LogP) is 3.08. The Morgan fingerprint density at radius 2 is 1.68 bits per heavy atom. The van der Waals surface area contributed by atoms with E-state index >= 15 is 0 Å². The van der Waals surface area contributed by atoms with E-state index in [9.17, 15) is 9.90 Å². The molecule has 0 spiro atoms. The zero-order chi connectivity index (χ0) is 41.2. The number of carbonyl (C=O) groups is 1. The molecular weight excluding hydrogens is 492 g/mol. The van der Waals surface area contributed by atoms with Crippen LogP contribution < -0.4 is 15.2 Å². The summed E-state index contributed by atoms with van der Waals surface area (Å²) in [6.07, 6.45) is -8.82. The summed E-state index contributed by atoms with van der Waals surface area (Å²) in [7, 11) is -3.25. The lowest BCUT2D eigenvalue weighted by molar-refractivity contribution is -0.504. The molecule has 0 N–H and O–H groups in total. The molecule has 1 aliphatic carbocycles. The third kappa shape index (κ3) is 4.53. The van der Waals surface area contributed by atoms with Crippen molar-refractivity contribution in [2.45, 2.75) is 38.6 Å². The first kappa shape index (κ1) is 12.8. The van der Waals surface area contributed by atoms with Crippen LogP contribution in [0.5, 0.6) is 0 Å². The molecular formula is C31H32N2O4Si. The molecule has 7 heteroatoms. The molecule has 194 valence electrons. The second-order valence-corrected chi connectivity index (χ2v) is 13.3. The van der Waals surface area contributed by atoms with Crippen LogP contribution in [0.15, 0.2) is 71.5 Å². The number of carbonyl (C=O) groups excluding carboxylic acids is 3. The molecule has 6 rings (SSSR count). The lowest BCUT2D eigenvalue weighted by Gasteiger charge is -2.38. The molecule has 6 nitrogen and oxygen atoms in total. The summed E-state index contributed by atoms with van der Waals surface area (Å²) in [6.45, 7) is -9.15. The van der Waals surface area contributed by atoms with Crippen LogP contribution in [0, 0.1) is 0 Å². The van der Waals surface area contributed by atoms with Crippen molar-refractivity contribution in [1.29, 1.82) is 0 Å². The number of allylic oxidation sites excluding steroid dienone is 5. The van der Waals surface area contributed by atoms with Crippen molar-refractivity contribution in [3.05, 3.63) is 88.2 Å². The Hall–Kier alpha value is -3.80. The molecule has 0 aromatic heterocycles. The van der Waals surface area contributed by atoms with E-state index < -0.39 is 65.5 Å². The van der Waals surface area contributed by atoms with Gasteiger partial charge in [-0.25, -0.2) is 4.58 Å². The zero-order valence-electron chi connectivity index (χ0n) is 36.3. The molecule has 2 aromatic carbocycles. The van der Waals surface area contributed by atoms with E-state index in [2.05, 4.69) is 0 Å². The zero-order valence-corrected chi connectivity index (χ0v) is 21.3. The van der Waals surface area contributed by atoms with Gasteiger partial charge in [0, 0.05) is 65.6 Å². The quantitative estimate of drug-likeness (QED) is 0.442. The van der Waals surface area contributed by atoms with Crippen LogP contribution in [-0.2, 0) is 9.59 Å². The van der Waals surface area contributed by atoms with Crippen molar-refractivity contribution in [3.8, 4) is 0 Å². The first-order valence-corrected chi connectivity index (χ1v) is 14.5. The smallest absolute Gasteiger partial charge is 0.373 e. The number of fused-ring (bicyclic) bond motifs is 2. The molecule has 3 heterocycles. The number of benzene rings is 2. The molecule has 0 atom stereocenters. The topological polar surface area (TPSA) is 80.5 Å². The summed E-state index contributed by atoms with van der Waals surface area (Å²) < 4.78 is 135. The van der Waals surface area contributed by atoms with Crippen molar-refractivity contribution >= 4 is 42.4 Å². The third-order valence-corrected chi connectivity index (χ3v) is 10.1. The highest BCUT2D eigenvalue weighted by Gasteiger charge is 2.41. The number of carboxylic acids is 1. The summed E-state index contributed by atoms with van der Waals surface area (Å²) in [5.41, 5.74) is 0.752. The number of anilines is 1. The van der Waals surface area contributed by atoms with Crippen LogP contribution in [0.3, 0.4) is 0 Å². The third-order valence-electron chi connectivity index (χ3n) is 6.62. The lowest BCUT2D eigenvalue weighted by Crippen LogP contribution is -2.50. The standard InChI is InChI=1S/C30H32N2O2Si.CO2/c1-35(2)27-19-21(31-15-5-6-16-31)11-13-25(27)29(23-9-3-4-10-24(23)30(33)34)26-14-12-22(20-28(26)35)32-17-7-8-18-32;2-1-3/h3-4,9-14,19-20H,5-8,15-18H2,1-2H3;/i5D2,6D2,7D2,8D2,15D2,16D2,17D2,18D2;. The second-order valence-electron chi connectivity index (χ2n) is 8.99. The number of hydrogen-bond donors (Lipinski definition) is 0. The van der Waals surface area contributed by atoms with Crippen LogP contribution in [0.1, 0.15) is 68.9 Å². The summed E-state index contributed by atoms with van der Waals surface area (Å²) in [5.74, 6) is -1.51. The normalized spacial score (nSPS) is 36.2. The second kappa shape index (κ2) is 10.5. The number of rotatable bonds is 3. The minimum atomic E-state index is -3.32. The molecule has 2 aromatic rings. The first-order valence-electron chi connectivity index (χ1n) is 19.5. The van der Waals surface area contributed by atoms with Gasteiger partial charge < -0.3 is 14.8 Å². The van der Waals surface area contributed by atoms with Gasteiger partial charge in [-0.05, 0) is 63.6 Å². The Bertz CT molecular complexity index is 2100. The molecule has 0 bridgehead atoms. The van der Waals surface area contributed by atoms with E-state index in [1.54, 1.807) is 6.07 Å². The Morgan fingerprint density at radius 3 is 2.37 bits per heavy atom. The highest BCUT2D eigenvalue weighted by Crippen LogP contribution is 2.42. The molecule has 2 saturated heterocycles. The molecule has 0 saturated carbocycles. The first-order chi connectivity index (χ1) is 24.4. The molecule has 2 fully saturated rings. The average molecular weight is 541 g/mol. The van der Waals surface area contributed by atoms with E-state index in [-0.39, 0.29) is 28.7 Å². The molecule has 4 aliphatic rings. The molecule has 3 aliphatic heterocycles. The van der Waals surface area contributed by atoms with E-state index in [0.717, 1.165) is 0 Å². The SMILES string of the molecule is O=C=O.[2H]C1([2H])N(c2ccc3c(c2)[Si](C)(C)C2=CC(=[N+]4C([2H])([2H])C([2H])([2H])C([2H])([2H])C4([2H])[2H])C=CC2=C3c2ccccc2C(=O)[O-])C([2H])([2H])C([2H])([2H])C1([2H])[2H]. The Balaban J connectivity index is 0.00000181. The van der Waals surface area contributed by atoms with Gasteiger partial charge in [-0.3, -0.25) is 0 Å². The van der Waals surface area contributed by atoms with Crippen molar-refractivity contribution in [1.82, 2.24) is 0 Å². The van der Waals surface area contributed by atoms with Crippen molar-refractivity contribution in [3.63, 3.8) is 0 Å². The van der Waals surface area contributed by atoms with Gasteiger partial charge in [-0.2, -0.15) is 9.59 Å². The van der Waals surface area contributed by atoms with E-state index in [0.29, 0.717) is 36.6 Å². The van der Waals surface area contributed by atoms with Crippen LogP contribution in [-0.4, -0.2) is 56.5 Å². The Labute approximate surface area is 246 Å². The number of carboxylic acid groups (broad SMARTS) is 1. The fourth-order valence-electron chi connectivity index (χ4n) is 4.92. The summed E-state index contributed by atoms with van der Waals surface area (Å²) in [6, 6.07) is 10.1. The van der Waals surface area contributed by atoms with Crippen molar-refractivity contribution in [2.75, 3.05) is 30.9 Å². The van der Waals surface area contributed by atoms with E-state index in [1.165, 1.54) is 54.6 Å². The number of hydrogen-bond acceptors (Lipinski definition) is 5. The summed E-state index contributed by atoms with van der Waals surface area (Å²) >= 11 is 0. The highest BCUT2D eigenvalue weighted by atomic mass is 28.3. The predicted molar refractivity (Wildman–Crippen MR) is 148 cm³/mol. The van der Waals surface area contributed by atoms with Gasteiger partial charge in [0.15, 0.2) is 5.71 Å². The molecule has 0 unspecified atom stereocenters. The van der Waals surface area contributed by atoms with Crippen LogP contribution in [0.4, 0.5) is 5.69 Å². The monoisotopic (exact) mass is 540 g/mol. The Kier molecular flexibility index (Phi) is 3.55. The average Bonchev–Trinajstić information content (AvgIpc) is 3.17. The molecule has 0 amide bonds. The van der Waals surface area contributed by atoms with Crippen molar-refractivity contribution < 1.29 is 46.0 Å². The molecule has 0 radical (unpaired) electrons. The van der Waals surface area contributed by atoms with Crippen LogP contribution in [0.2, 0.25) is 13.1 Å². The van der Waals surface area contributed by atoms with Gasteiger partial charge in [0.05, 0.1) is 5.97 Å². The van der Waals surface area contributed by atoms with Gasteiger partial charge in [0.1, 0.15) is 26.6 Å². The van der Waals surface area contributed by atoms with Gasteiger partial charge in [-0.1, -0.05) is 43.4 Å². The van der Waals surface area contributed by atoms with Crippen LogP contribution >= 0.6 is 0 Å². The highest BCUT2D eigenvalue weighted by molar-refractivity contribution is 6.98. The van der Waals surface area contributed by atoms with Gasteiger partial charge >= 0.3 is 6.15 Å². The Morgan fingerprint density at radius 1 is 1.00 bits per heavy atom. The van der Waals surface area contributed by atoms with Crippen molar-refractivity contribution in [2.24, 2.45) is 0 Å². The van der Waals surface area contributed by atoms with Gasteiger partial charge in [0.2, 0.25) is 0 Å². The largest absolute Gasteiger partial charge is 0.545 e. The van der Waals surface area contributed by atoms with E-state index in [4.69, 9.17) is 31.5 Å². The fourth-order valence-corrected chi connectivity index (χ4v) is 7.99. The lowest BCUT2D eigenvalue weighted by atomic mass is 9.87. The minimum Gasteiger partial charge on any atom is -0.545 e. The van der Waals surface area contributed by atoms with Crippen LogP contribution in [0.25, 0.3) is 5.57 Å². The number of aromatic carboxylic acids is 1. The van der Waals surface area contributed by atoms with E-state index in [1.807, 2.05) is 13.1 Å². The molecule has 38 heavy (non-hydrogen) atoms. The maximum absolute atomic E-state index is 12.4.